The van der Waals surface area contributed by atoms with Crippen LogP contribution >= 0.6 is 11.3 Å². The maximum atomic E-state index is 5.50. The molecule has 4 heterocycles. The van der Waals surface area contributed by atoms with Gasteiger partial charge in [0.2, 0.25) is 11.7 Å². The minimum atomic E-state index is 0.0548. The third-order valence-electron chi connectivity index (χ3n) is 4.42. The summed E-state index contributed by atoms with van der Waals surface area (Å²) >= 11 is 1.61. The van der Waals surface area contributed by atoms with Gasteiger partial charge in [0.15, 0.2) is 0 Å². The van der Waals surface area contributed by atoms with Gasteiger partial charge in [0.25, 0.3) is 0 Å². The molecule has 4 rings (SSSR count). The van der Waals surface area contributed by atoms with E-state index in [-0.39, 0.29) is 6.04 Å². The topological polar surface area (TPSA) is 72.9 Å². The summed E-state index contributed by atoms with van der Waals surface area (Å²) in [6.07, 6.45) is 0. The van der Waals surface area contributed by atoms with Crippen LogP contribution in [0.1, 0.15) is 50.3 Å². The van der Waals surface area contributed by atoms with E-state index in [0.717, 1.165) is 36.2 Å². The molecule has 0 aliphatic carbocycles. The maximum absolute atomic E-state index is 5.50. The zero-order chi connectivity index (χ0) is 16.7. The van der Waals surface area contributed by atoms with Crippen molar-refractivity contribution >= 4 is 11.3 Å². The number of hydrogen-bond donors (Lipinski definition) is 0. The smallest absolute Gasteiger partial charge is 0.244 e. The van der Waals surface area contributed by atoms with Crippen molar-refractivity contribution < 1.29 is 4.52 Å². The molecule has 24 heavy (non-hydrogen) atoms. The second-order valence-corrected chi connectivity index (χ2v) is 7.31. The molecule has 3 aromatic heterocycles. The van der Waals surface area contributed by atoms with Crippen molar-refractivity contribution in [1.29, 1.82) is 0 Å². The Morgan fingerprint density at radius 2 is 2.08 bits per heavy atom. The van der Waals surface area contributed by atoms with Crippen molar-refractivity contribution in [1.82, 2.24) is 29.8 Å². The lowest BCUT2D eigenvalue weighted by Gasteiger charge is -2.31. The minimum Gasteiger partial charge on any atom is -0.337 e. The minimum absolute atomic E-state index is 0.0548. The fourth-order valence-corrected chi connectivity index (χ4v) is 3.67. The maximum Gasteiger partial charge on any atom is 0.244 e. The fraction of sp³-hybridized carbons (Fsp3) is 0.500. The first-order chi connectivity index (χ1) is 11.6. The lowest BCUT2D eigenvalue weighted by atomic mass is 10.2. The Hall–Kier alpha value is -2.06. The quantitative estimate of drug-likeness (QED) is 0.724. The van der Waals surface area contributed by atoms with Crippen molar-refractivity contribution in [3.63, 3.8) is 0 Å². The summed E-state index contributed by atoms with van der Waals surface area (Å²) in [5.74, 6) is 3.77. The molecule has 0 bridgehead atoms. The van der Waals surface area contributed by atoms with Gasteiger partial charge in [-0.05, 0) is 18.4 Å². The van der Waals surface area contributed by atoms with Gasteiger partial charge >= 0.3 is 0 Å². The molecule has 8 heteroatoms. The lowest BCUT2D eigenvalue weighted by Crippen LogP contribution is -2.36. The van der Waals surface area contributed by atoms with Gasteiger partial charge in [-0.25, -0.2) is 0 Å². The Morgan fingerprint density at radius 1 is 1.21 bits per heavy atom. The number of fused-ring (bicyclic) bond motifs is 1. The van der Waals surface area contributed by atoms with Gasteiger partial charge in [0.05, 0.1) is 17.5 Å². The zero-order valence-corrected chi connectivity index (χ0v) is 14.8. The zero-order valence-electron chi connectivity index (χ0n) is 14.0. The molecule has 0 spiro atoms. The van der Waals surface area contributed by atoms with Crippen LogP contribution in [0.5, 0.6) is 0 Å². The Kier molecular flexibility index (Phi) is 3.93. The standard InChI is InChI=1S/C16H20N6OS/c1-10(2)15-19-18-13-9-21(6-7-22(13)15)11(3)16-17-14(20-23-16)12-5-4-8-24-12/h4-5,8,10-11H,6-7,9H2,1-3H3. The van der Waals surface area contributed by atoms with Crippen molar-refractivity contribution in [3.8, 4) is 10.7 Å². The molecule has 0 radical (unpaired) electrons. The second kappa shape index (κ2) is 6.10. The van der Waals surface area contributed by atoms with Gasteiger partial charge in [-0.3, -0.25) is 4.90 Å². The Balaban J connectivity index is 1.52. The van der Waals surface area contributed by atoms with Crippen molar-refractivity contribution in [3.05, 3.63) is 35.1 Å². The third kappa shape index (κ3) is 2.65. The van der Waals surface area contributed by atoms with Gasteiger partial charge < -0.3 is 9.09 Å². The normalized spacial score (nSPS) is 16.5. The molecule has 0 saturated carbocycles. The molecule has 0 fully saturated rings. The molecule has 1 aliphatic heterocycles. The lowest BCUT2D eigenvalue weighted by molar-refractivity contribution is 0.135. The highest BCUT2D eigenvalue weighted by Gasteiger charge is 2.28. The first kappa shape index (κ1) is 15.5. The summed E-state index contributed by atoms with van der Waals surface area (Å²) in [4.78, 5) is 7.90. The Bertz CT molecular complexity index is 822. The van der Waals surface area contributed by atoms with E-state index in [2.05, 4.69) is 50.6 Å². The van der Waals surface area contributed by atoms with E-state index in [1.165, 1.54) is 0 Å². The van der Waals surface area contributed by atoms with Crippen LogP contribution in [0.3, 0.4) is 0 Å². The van der Waals surface area contributed by atoms with E-state index in [1.54, 1.807) is 11.3 Å². The average molecular weight is 344 g/mol. The number of hydrogen-bond acceptors (Lipinski definition) is 7. The van der Waals surface area contributed by atoms with Gasteiger partial charge in [-0.15, -0.1) is 21.5 Å². The van der Waals surface area contributed by atoms with Crippen LogP contribution in [0, 0.1) is 0 Å². The molecule has 3 aromatic rings. The third-order valence-corrected chi connectivity index (χ3v) is 5.28. The SMILES string of the molecule is CC(C)c1nnc2n1CCN(C(C)c1nc(-c3cccs3)no1)C2. The van der Waals surface area contributed by atoms with E-state index < -0.39 is 0 Å². The fourth-order valence-electron chi connectivity index (χ4n) is 3.02. The number of rotatable bonds is 4. The summed E-state index contributed by atoms with van der Waals surface area (Å²) in [5.41, 5.74) is 0. The van der Waals surface area contributed by atoms with Crippen molar-refractivity contribution in [2.45, 2.75) is 45.8 Å². The van der Waals surface area contributed by atoms with Crippen LogP contribution < -0.4 is 0 Å². The average Bonchev–Trinajstić information content (AvgIpc) is 3.31. The molecule has 7 nitrogen and oxygen atoms in total. The van der Waals surface area contributed by atoms with Crippen molar-refractivity contribution in [2.75, 3.05) is 6.54 Å². The molecule has 1 atom stereocenters. The van der Waals surface area contributed by atoms with Crippen LogP contribution in [-0.2, 0) is 13.1 Å². The molecule has 0 aromatic carbocycles. The molecule has 0 saturated heterocycles. The molecular formula is C16H20N6OS. The molecular weight excluding hydrogens is 324 g/mol. The summed E-state index contributed by atoms with van der Waals surface area (Å²) in [7, 11) is 0. The van der Waals surface area contributed by atoms with Gasteiger partial charge in [-0.1, -0.05) is 25.1 Å². The highest BCUT2D eigenvalue weighted by molar-refractivity contribution is 7.13. The van der Waals surface area contributed by atoms with Crippen molar-refractivity contribution in [2.24, 2.45) is 0 Å². The van der Waals surface area contributed by atoms with Crippen LogP contribution in [0.25, 0.3) is 10.7 Å². The van der Waals surface area contributed by atoms with Gasteiger partial charge in [0.1, 0.15) is 11.6 Å². The van der Waals surface area contributed by atoms with Crippen LogP contribution in [0.15, 0.2) is 22.0 Å². The monoisotopic (exact) mass is 344 g/mol. The largest absolute Gasteiger partial charge is 0.337 e. The number of thiophene rings is 1. The molecule has 1 aliphatic rings. The van der Waals surface area contributed by atoms with E-state index in [9.17, 15) is 0 Å². The molecule has 1 unspecified atom stereocenters. The predicted molar refractivity (Wildman–Crippen MR) is 90.5 cm³/mol. The highest BCUT2D eigenvalue weighted by atomic mass is 32.1. The van der Waals surface area contributed by atoms with Crippen LogP contribution in [0.4, 0.5) is 0 Å². The summed E-state index contributed by atoms with van der Waals surface area (Å²) in [6, 6.07) is 4.04. The van der Waals surface area contributed by atoms with E-state index in [4.69, 9.17) is 4.52 Å². The van der Waals surface area contributed by atoms with E-state index in [0.29, 0.717) is 17.6 Å². The number of nitrogens with zero attached hydrogens (tertiary/aromatic N) is 6. The second-order valence-electron chi connectivity index (χ2n) is 6.36. The Labute approximate surface area is 144 Å². The van der Waals surface area contributed by atoms with Crippen LogP contribution in [0.2, 0.25) is 0 Å². The highest BCUT2D eigenvalue weighted by Crippen LogP contribution is 2.28. The van der Waals surface area contributed by atoms with E-state index in [1.807, 2.05) is 17.5 Å². The first-order valence-electron chi connectivity index (χ1n) is 8.17. The molecule has 126 valence electrons. The Morgan fingerprint density at radius 3 is 2.83 bits per heavy atom. The number of aromatic nitrogens is 5. The van der Waals surface area contributed by atoms with Gasteiger partial charge in [-0.2, -0.15) is 4.98 Å². The molecule has 0 amide bonds. The summed E-state index contributed by atoms with van der Waals surface area (Å²) in [5, 5.41) is 14.8. The molecule has 0 N–H and O–H groups in total. The summed E-state index contributed by atoms with van der Waals surface area (Å²) < 4.78 is 7.73. The van der Waals surface area contributed by atoms with Gasteiger partial charge in [0, 0.05) is 19.0 Å². The summed E-state index contributed by atoms with van der Waals surface area (Å²) in [6.45, 7) is 8.96. The predicted octanol–water partition coefficient (Wildman–Crippen LogP) is 3.09. The van der Waals surface area contributed by atoms with Crippen LogP contribution in [-0.4, -0.2) is 36.3 Å². The first-order valence-corrected chi connectivity index (χ1v) is 9.05. The van der Waals surface area contributed by atoms with E-state index >= 15 is 0 Å².